The normalized spacial score (nSPS) is 21.9. The maximum Gasteiger partial charge on any atom is 0.289 e. The number of thiazole rings is 1. The molecule has 176 valence electrons. The summed E-state index contributed by atoms with van der Waals surface area (Å²) in [7, 11) is -3.59. The zero-order valence-corrected chi connectivity index (χ0v) is 19.7. The number of carbonyl (C=O) groups excluding carboxylic acids is 1. The van der Waals surface area contributed by atoms with Crippen molar-refractivity contribution in [3.8, 4) is 0 Å². The third-order valence-electron chi connectivity index (χ3n) is 6.10. The van der Waals surface area contributed by atoms with Crippen molar-refractivity contribution in [3.63, 3.8) is 0 Å². The van der Waals surface area contributed by atoms with Gasteiger partial charge in [0.25, 0.3) is 5.91 Å². The first-order valence-corrected chi connectivity index (χ1v) is 13.1. The van der Waals surface area contributed by atoms with Crippen LogP contribution in [0.15, 0.2) is 33.7 Å². The number of nitrogens with zero attached hydrogens (tertiary/aromatic N) is 3. The zero-order valence-electron chi connectivity index (χ0n) is 18.0. The predicted octanol–water partition coefficient (Wildman–Crippen LogP) is 1.97. The first kappa shape index (κ1) is 22.3. The van der Waals surface area contributed by atoms with Crippen LogP contribution >= 0.6 is 11.3 Å². The van der Waals surface area contributed by atoms with Crippen molar-refractivity contribution in [1.29, 1.82) is 0 Å². The molecule has 10 nitrogen and oxygen atoms in total. The van der Waals surface area contributed by atoms with Gasteiger partial charge in [0.15, 0.2) is 5.13 Å². The van der Waals surface area contributed by atoms with Crippen LogP contribution in [0.3, 0.4) is 0 Å². The Morgan fingerprint density at radius 1 is 1.30 bits per heavy atom. The average Bonchev–Trinajstić information content (AvgIpc) is 3.48. The van der Waals surface area contributed by atoms with Gasteiger partial charge in [-0.1, -0.05) is 16.5 Å². The molecule has 3 aromatic rings. The average molecular weight is 492 g/mol. The lowest BCUT2D eigenvalue weighted by Crippen LogP contribution is -2.53. The van der Waals surface area contributed by atoms with E-state index < -0.39 is 16.1 Å². The van der Waals surface area contributed by atoms with Crippen LogP contribution in [0.25, 0.3) is 10.2 Å². The number of anilines is 1. The van der Waals surface area contributed by atoms with Gasteiger partial charge in [0.2, 0.25) is 15.8 Å². The van der Waals surface area contributed by atoms with E-state index in [0.717, 1.165) is 34.6 Å². The highest BCUT2D eigenvalue weighted by Crippen LogP contribution is 2.33. The number of benzene rings is 1. The molecule has 3 N–H and O–H groups in total. The van der Waals surface area contributed by atoms with Crippen LogP contribution < -0.4 is 10.6 Å². The predicted molar refractivity (Wildman–Crippen MR) is 123 cm³/mol. The molecule has 2 unspecified atom stereocenters. The van der Waals surface area contributed by atoms with Crippen molar-refractivity contribution >= 4 is 42.6 Å². The first-order valence-electron chi connectivity index (χ1n) is 10.8. The molecule has 1 saturated heterocycles. The van der Waals surface area contributed by atoms with Crippen LogP contribution in [0.4, 0.5) is 5.13 Å². The van der Waals surface area contributed by atoms with Crippen LogP contribution in [-0.2, 0) is 10.0 Å². The third-order valence-corrected chi connectivity index (χ3v) is 8.88. The smallest absolute Gasteiger partial charge is 0.289 e. The number of nitrogens with one attached hydrogen (secondary N) is 2. The van der Waals surface area contributed by atoms with E-state index in [4.69, 9.17) is 4.52 Å². The van der Waals surface area contributed by atoms with Crippen molar-refractivity contribution in [3.05, 3.63) is 35.7 Å². The third kappa shape index (κ3) is 4.60. The van der Waals surface area contributed by atoms with E-state index in [2.05, 4.69) is 20.8 Å². The second-order valence-electron chi connectivity index (χ2n) is 8.69. The maximum atomic E-state index is 12.7. The largest absolute Gasteiger partial charge is 0.390 e. The number of hydrogen-bond acceptors (Lipinski definition) is 9. The number of β-amino-alcohol motifs (C(OH)–C–C–N with tert-alkyl or cyclic N) is 1. The van der Waals surface area contributed by atoms with Gasteiger partial charge in [-0.05, 0) is 50.3 Å². The summed E-state index contributed by atoms with van der Waals surface area (Å²) in [6.07, 6.45) is 2.28. The molecule has 2 fully saturated rings. The minimum atomic E-state index is -3.59. The number of aliphatic hydroxyl groups excluding tert-OH is 1. The summed E-state index contributed by atoms with van der Waals surface area (Å²) in [5.74, 6) is 0.325. The fraction of sp³-hybridized carbons (Fsp3) is 0.476. The summed E-state index contributed by atoms with van der Waals surface area (Å²) in [6.45, 7) is 2.62. The zero-order chi connectivity index (χ0) is 23.2. The lowest BCUT2D eigenvalue weighted by atomic mass is 10.1. The van der Waals surface area contributed by atoms with E-state index in [9.17, 15) is 18.3 Å². The van der Waals surface area contributed by atoms with Gasteiger partial charge in [-0.25, -0.2) is 13.4 Å². The Labute approximate surface area is 195 Å². The van der Waals surface area contributed by atoms with Crippen LogP contribution in [0, 0.1) is 12.8 Å². The molecule has 3 heterocycles. The van der Waals surface area contributed by atoms with E-state index in [1.807, 2.05) is 0 Å². The number of amides is 1. The summed E-state index contributed by atoms with van der Waals surface area (Å²) in [5, 5.41) is 20.3. The molecule has 0 bridgehead atoms. The number of sulfonamides is 1. The van der Waals surface area contributed by atoms with Crippen LogP contribution in [0.5, 0.6) is 0 Å². The second-order valence-corrected chi connectivity index (χ2v) is 11.7. The van der Waals surface area contributed by atoms with E-state index in [0.29, 0.717) is 18.2 Å². The Bertz CT molecular complexity index is 1280. The topological polar surface area (TPSA) is 138 Å². The van der Waals surface area contributed by atoms with Crippen LogP contribution in [-0.4, -0.2) is 65.7 Å². The highest BCUT2D eigenvalue weighted by atomic mass is 32.2. The molecule has 2 aliphatic rings. The Morgan fingerprint density at radius 2 is 2.12 bits per heavy atom. The molecular weight excluding hydrogens is 466 g/mol. The quantitative estimate of drug-likeness (QED) is 0.456. The van der Waals surface area contributed by atoms with Gasteiger partial charge in [-0.2, -0.15) is 4.31 Å². The van der Waals surface area contributed by atoms with Gasteiger partial charge in [0.1, 0.15) is 0 Å². The number of fused-ring (bicyclic) bond motifs is 1. The number of aliphatic hydroxyl groups is 1. The molecule has 1 aliphatic carbocycles. The summed E-state index contributed by atoms with van der Waals surface area (Å²) in [6, 6.07) is 6.79. The summed E-state index contributed by atoms with van der Waals surface area (Å²) in [5.41, 5.74) is 1.42. The van der Waals surface area contributed by atoms with Gasteiger partial charge >= 0.3 is 0 Å². The number of rotatable bonds is 7. The Hall–Kier alpha value is -2.54. The number of hydrogen-bond donors (Lipinski definition) is 3. The molecule has 12 heteroatoms. The van der Waals surface area contributed by atoms with E-state index >= 15 is 0 Å². The van der Waals surface area contributed by atoms with Gasteiger partial charge in [-0.3, -0.25) is 4.79 Å². The minimum absolute atomic E-state index is 0.136. The summed E-state index contributed by atoms with van der Waals surface area (Å²) in [4.78, 5) is 17.0. The van der Waals surface area contributed by atoms with Crippen LogP contribution in [0.1, 0.15) is 35.5 Å². The number of aryl methyl sites for hydroxylation is 1. The highest BCUT2D eigenvalue weighted by molar-refractivity contribution is 7.89. The molecule has 2 atom stereocenters. The standard InChI is InChI=1S/C21H25N5O5S2/c1-12-6-18(31-25-12)20(28)22-9-13-2-3-14(7-13)23-21-24-17-5-4-16(8-19(17)32-21)33(29,30)26-10-15(27)11-26/h4-6,8,13-15,27H,2-3,7,9-11H2,1H3,(H,22,28)(H,23,24). The molecule has 33 heavy (non-hydrogen) atoms. The van der Waals surface area contributed by atoms with Crippen molar-refractivity contribution in [2.24, 2.45) is 5.92 Å². The molecule has 1 saturated carbocycles. The van der Waals surface area contributed by atoms with Crippen molar-refractivity contribution in [2.45, 2.75) is 43.2 Å². The molecule has 5 rings (SSSR count). The summed E-state index contributed by atoms with van der Waals surface area (Å²) >= 11 is 1.43. The number of carbonyl (C=O) groups is 1. The maximum absolute atomic E-state index is 12.7. The van der Waals surface area contributed by atoms with Gasteiger partial charge < -0.3 is 20.3 Å². The molecule has 1 aromatic carbocycles. The summed E-state index contributed by atoms with van der Waals surface area (Å²) < 4.78 is 32.4. The highest BCUT2D eigenvalue weighted by Gasteiger charge is 2.35. The van der Waals surface area contributed by atoms with Gasteiger partial charge in [0.05, 0.1) is 26.9 Å². The fourth-order valence-electron chi connectivity index (χ4n) is 4.25. The lowest BCUT2D eigenvalue weighted by Gasteiger charge is -2.34. The number of aromatic nitrogens is 2. The Balaban J connectivity index is 1.18. The van der Waals surface area contributed by atoms with E-state index in [-0.39, 0.29) is 35.7 Å². The van der Waals surface area contributed by atoms with Crippen LogP contribution in [0.2, 0.25) is 0 Å². The van der Waals surface area contributed by atoms with E-state index in [1.54, 1.807) is 31.2 Å². The molecule has 0 radical (unpaired) electrons. The molecular formula is C21H25N5O5S2. The van der Waals surface area contributed by atoms with Gasteiger partial charge in [-0.15, -0.1) is 0 Å². The van der Waals surface area contributed by atoms with E-state index in [1.165, 1.54) is 15.6 Å². The second kappa shape index (κ2) is 8.67. The lowest BCUT2D eigenvalue weighted by molar-refractivity contribution is 0.0548. The fourth-order valence-corrected chi connectivity index (χ4v) is 6.85. The molecule has 0 spiro atoms. The SMILES string of the molecule is Cc1cc(C(=O)NCC2CCC(Nc3nc4ccc(S(=O)(=O)N5CC(O)C5)cc4s3)C2)on1. The molecule has 2 aromatic heterocycles. The Kier molecular flexibility index (Phi) is 5.85. The minimum Gasteiger partial charge on any atom is -0.390 e. The Morgan fingerprint density at radius 3 is 2.85 bits per heavy atom. The molecule has 1 amide bonds. The van der Waals surface area contributed by atoms with Crippen molar-refractivity contribution in [1.82, 2.24) is 19.8 Å². The first-order chi connectivity index (χ1) is 15.8. The van der Waals surface area contributed by atoms with Crippen molar-refractivity contribution < 1.29 is 22.8 Å². The van der Waals surface area contributed by atoms with Gasteiger partial charge in [0, 0.05) is 31.7 Å². The van der Waals surface area contributed by atoms with Crippen molar-refractivity contribution in [2.75, 3.05) is 25.0 Å². The monoisotopic (exact) mass is 491 g/mol. The molecule has 1 aliphatic heterocycles.